The van der Waals surface area contributed by atoms with E-state index in [4.69, 9.17) is 16.6 Å². The van der Waals surface area contributed by atoms with Crippen molar-refractivity contribution in [3.05, 3.63) is 81.6 Å². The van der Waals surface area contributed by atoms with Crippen LogP contribution in [0.2, 0.25) is 0 Å². The molecule has 3 aromatic rings. The van der Waals surface area contributed by atoms with Crippen molar-refractivity contribution in [3.63, 3.8) is 0 Å². The molecule has 1 N–H and O–H groups in total. The minimum absolute atomic E-state index is 0.295. The first-order valence-electron chi connectivity index (χ1n) is 9.09. The van der Waals surface area contributed by atoms with E-state index in [1.54, 1.807) is 37.3 Å². The van der Waals surface area contributed by atoms with Crippen LogP contribution in [0, 0.1) is 0 Å². The first kappa shape index (κ1) is 20.1. The number of thiocarbonyl (C=S) groups is 1. The minimum Gasteiger partial charge on any atom is -0.423 e. The molecular formula is C22H16N2O4S2. The quantitative estimate of drug-likeness (QED) is 0.378. The van der Waals surface area contributed by atoms with Crippen LogP contribution in [0.15, 0.2) is 74.8 Å². The molecule has 1 fully saturated rings. The molecule has 8 heteroatoms. The summed E-state index contributed by atoms with van der Waals surface area (Å²) in [4.78, 5) is 38.7. The topological polar surface area (TPSA) is 79.6 Å². The molecule has 1 saturated heterocycles. The molecule has 1 aromatic heterocycles. The molecule has 2 aromatic carbocycles. The lowest BCUT2D eigenvalue weighted by Crippen LogP contribution is -2.44. The van der Waals surface area contributed by atoms with Crippen LogP contribution in [0.1, 0.15) is 12.5 Å². The van der Waals surface area contributed by atoms with E-state index in [1.165, 1.54) is 22.7 Å². The van der Waals surface area contributed by atoms with Crippen LogP contribution in [0.25, 0.3) is 17.0 Å². The Morgan fingerprint density at radius 1 is 1.13 bits per heavy atom. The van der Waals surface area contributed by atoms with Crippen molar-refractivity contribution in [1.29, 1.82) is 0 Å². The van der Waals surface area contributed by atoms with Crippen LogP contribution in [-0.2, 0) is 9.59 Å². The molecule has 2 heterocycles. The Labute approximate surface area is 181 Å². The van der Waals surface area contributed by atoms with E-state index < -0.39 is 11.7 Å². The number of anilines is 1. The monoisotopic (exact) mass is 436 g/mol. The SMILES string of the molecule is CC(C(=O)Nc1ccc2oc(=O)ccc2c1)N1C(=O)/C(=C/c2ccccc2)SC1=S. The van der Waals surface area contributed by atoms with Gasteiger partial charge in [0, 0.05) is 17.1 Å². The van der Waals surface area contributed by atoms with Gasteiger partial charge in [0.2, 0.25) is 5.91 Å². The lowest BCUT2D eigenvalue weighted by Gasteiger charge is -2.22. The Bertz CT molecular complexity index is 1250. The first-order valence-corrected chi connectivity index (χ1v) is 10.3. The van der Waals surface area contributed by atoms with Crippen molar-refractivity contribution in [1.82, 2.24) is 4.90 Å². The van der Waals surface area contributed by atoms with Gasteiger partial charge in [0.05, 0.1) is 4.91 Å². The highest BCUT2D eigenvalue weighted by molar-refractivity contribution is 8.26. The maximum Gasteiger partial charge on any atom is 0.336 e. The third-order valence-corrected chi connectivity index (χ3v) is 5.90. The summed E-state index contributed by atoms with van der Waals surface area (Å²) in [5.41, 5.74) is 1.40. The van der Waals surface area contributed by atoms with Gasteiger partial charge in [-0.05, 0) is 42.8 Å². The number of benzene rings is 2. The number of carbonyl (C=O) groups is 2. The Hall–Kier alpha value is -3.23. The number of fused-ring (bicyclic) bond motifs is 1. The van der Waals surface area contributed by atoms with Crippen LogP contribution in [0.5, 0.6) is 0 Å². The van der Waals surface area contributed by atoms with Gasteiger partial charge in [-0.3, -0.25) is 14.5 Å². The van der Waals surface area contributed by atoms with Gasteiger partial charge < -0.3 is 9.73 Å². The summed E-state index contributed by atoms with van der Waals surface area (Å²) in [6, 6.07) is 16.5. The molecule has 1 atom stereocenters. The summed E-state index contributed by atoms with van der Waals surface area (Å²) in [5.74, 6) is -0.666. The van der Waals surface area contributed by atoms with E-state index in [0.717, 1.165) is 5.56 Å². The molecule has 0 spiro atoms. The second-order valence-corrected chi connectivity index (χ2v) is 8.31. The molecule has 0 aliphatic carbocycles. The molecule has 1 aliphatic rings. The molecule has 30 heavy (non-hydrogen) atoms. The predicted molar refractivity (Wildman–Crippen MR) is 122 cm³/mol. The van der Waals surface area contributed by atoms with Gasteiger partial charge in [-0.1, -0.05) is 54.3 Å². The lowest BCUT2D eigenvalue weighted by molar-refractivity contribution is -0.129. The normalized spacial score (nSPS) is 16.3. The summed E-state index contributed by atoms with van der Waals surface area (Å²) in [6.45, 7) is 1.63. The van der Waals surface area contributed by atoms with Gasteiger partial charge in [0.1, 0.15) is 15.9 Å². The first-order chi connectivity index (χ1) is 14.4. The molecular weight excluding hydrogens is 420 g/mol. The largest absolute Gasteiger partial charge is 0.423 e. The average Bonchev–Trinajstić information content (AvgIpc) is 3.01. The van der Waals surface area contributed by atoms with Gasteiger partial charge in [-0.25, -0.2) is 4.79 Å². The third kappa shape index (κ3) is 4.05. The average molecular weight is 437 g/mol. The van der Waals surface area contributed by atoms with E-state index in [2.05, 4.69) is 5.32 Å². The second kappa shape index (κ2) is 8.25. The fourth-order valence-corrected chi connectivity index (χ4v) is 4.45. The van der Waals surface area contributed by atoms with Crippen LogP contribution >= 0.6 is 24.0 Å². The standard InChI is InChI=1S/C22H16N2O4S2/c1-13(20(26)23-16-8-9-17-15(12-16)7-10-19(25)28-17)24-21(27)18(30-22(24)29)11-14-5-3-2-4-6-14/h2-13H,1H3,(H,23,26)/b18-11-. The van der Waals surface area contributed by atoms with Gasteiger partial charge in [0.15, 0.2) is 0 Å². The number of hydrogen-bond acceptors (Lipinski definition) is 6. The van der Waals surface area contributed by atoms with E-state index in [0.29, 0.717) is 25.9 Å². The van der Waals surface area contributed by atoms with E-state index in [1.807, 2.05) is 30.3 Å². The maximum absolute atomic E-state index is 12.9. The van der Waals surface area contributed by atoms with Gasteiger partial charge in [0.25, 0.3) is 5.91 Å². The fourth-order valence-electron chi connectivity index (χ4n) is 3.03. The highest BCUT2D eigenvalue weighted by Crippen LogP contribution is 2.34. The minimum atomic E-state index is -0.788. The molecule has 150 valence electrons. The van der Waals surface area contributed by atoms with Gasteiger partial charge in [-0.2, -0.15) is 0 Å². The predicted octanol–water partition coefficient (Wildman–Crippen LogP) is 4.02. The van der Waals surface area contributed by atoms with Crippen molar-refractivity contribution in [2.24, 2.45) is 0 Å². The van der Waals surface area contributed by atoms with E-state index in [-0.39, 0.29) is 11.8 Å². The highest BCUT2D eigenvalue weighted by Gasteiger charge is 2.38. The summed E-state index contributed by atoms with van der Waals surface area (Å²) in [5, 5.41) is 3.47. The van der Waals surface area contributed by atoms with Gasteiger partial charge in [-0.15, -0.1) is 0 Å². The van der Waals surface area contributed by atoms with Crippen LogP contribution in [0.3, 0.4) is 0 Å². The van der Waals surface area contributed by atoms with Crippen molar-refractivity contribution in [2.45, 2.75) is 13.0 Å². The number of hydrogen-bond donors (Lipinski definition) is 1. The lowest BCUT2D eigenvalue weighted by atomic mass is 10.2. The number of amides is 2. The molecule has 6 nitrogen and oxygen atoms in total. The Morgan fingerprint density at radius 2 is 1.90 bits per heavy atom. The van der Waals surface area contributed by atoms with Crippen molar-refractivity contribution >= 4 is 62.8 Å². The van der Waals surface area contributed by atoms with Crippen LogP contribution in [-0.4, -0.2) is 27.1 Å². The molecule has 4 rings (SSSR count). The Kier molecular flexibility index (Phi) is 5.52. The molecule has 2 amide bonds. The zero-order chi connectivity index (χ0) is 21.3. The smallest absolute Gasteiger partial charge is 0.336 e. The molecule has 1 aliphatic heterocycles. The summed E-state index contributed by atoms with van der Waals surface area (Å²) < 4.78 is 5.43. The summed E-state index contributed by atoms with van der Waals surface area (Å²) in [7, 11) is 0. The molecule has 0 bridgehead atoms. The Morgan fingerprint density at radius 3 is 2.67 bits per heavy atom. The summed E-state index contributed by atoms with van der Waals surface area (Å²) in [6.07, 6.45) is 1.76. The van der Waals surface area contributed by atoms with Crippen molar-refractivity contribution < 1.29 is 14.0 Å². The number of thioether (sulfide) groups is 1. The van der Waals surface area contributed by atoms with E-state index >= 15 is 0 Å². The molecule has 1 unspecified atom stereocenters. The molecule has 0 saturated carbocycles. The zero-order valence-electron chi connectivity index (χ0n) is 15.8. The number of rotatable bonds is 4. The molecule has 0 radical (unpaired) electrons. The summed E-state index contributed by atoms with van der Waals surface area (Å²) >= 11 is 6.53. The Balaban J connectivity index is 1.51. The fraction of sp³-hybridized carbons (Fsp3) is 0.0909. The van der Waals surface area contributed by atoms with E-state index in [9.17, 15) is 14.4 Å². The third-order valence-electron chi connectivity index (χ3n) is 4.57. The van der Waals surface area contributed by atoms with Crippen LogP contribution in [0.4, 0.5) is 5.69 Å². The zero-order valence-corrected chi connectivity index (χ0v) is 17.5. The highest BCUT2D eigenvalue weighted by atomic mass is 32.2. The van der Waals surface area contributed by atoms with Gasteiger partial charge >= 0.3 is 5.63 Å². The van der Waals surface area contributed by atoms with Crippen LogP contribution < -0.4 is 10.9 Å². The number of carbonyl (C=O) groups excluding carboxylic acids is 2. The maximum atomic E-state index is 12.9. The van der Waals surface area contributed by atoms with Crippen molar-refractivity contribution in [3.8, 4) is 0 Å². The number of nitrogens with one attached hydrogen (secondary N) is 1. The van der Waals surface area contributed by atoms with Crippen molar-refractivity contribution in [2.75, 3.05) is 5.32 Å². The number of nitrogens with zero attached hydrogens (tertiary/aromatic N) is 1. The second-order valence-electron chi connectivity index (χ2n) is 6.63.